The quantitative estimate of drug-likeness (QED) is 0.809. The molecule has 0 radical (unpaired) electrons. The molecule has 0 amide bonds. The van der Waals surface area contributed by atoms with E-state index in [-0.39, 0.29) is 18.6 Å². The molecule has 1 N–H and O–H groups in total. The van der Waals surface area contributed by atoms with E-state index in [4.69, 9.17) is 9.84 Å². The Balaban J connectivity index is 0.00000106. The molecule has 0 aromatic rings. The largest absolute Gasteiger partial charge is 0.481 e. The van der Waals surface area contributed by atoms with Crippen molar-refractivity contribution in [1.29, 1.82) is 0 Å². The monoisotopic (exact) mass is 230 g/mol. The molecule has 0 aromatic heterocycles. The average molecular weight is 230 g/mol. The molecule has 1 aliphatic heterocycles. The first-order valence-electron chi connectivity index (χ1n) is 6.36. The van der Waals surface area contributed by atoms with E-state index in [2.05, 4.69) is 13.8 Å². The summed E-state index contributed by atoms with van der Waals surface area (Å²) in [6.07, 6.45) is 2.24. The van der Waals surface area contributed by atoms with Gasteiger partial charge in [-0.1, -0.05) is 27.7 Å². The van der Waals surface area contributed by atoms with Crippen LogP contribution < -0.4 is 0 Å². The smallest absolute Gasteiger partial charge is 0.305 e. The minimum atomic E-state index is -0.758. The zero-order chi connectivity index (χ0) is 12.7. The molecule has 0 aliphatic carbocycles. The first kappa shape index (κ1) is 15.4. The summed E-state index contributed by atoms with van der Waals surface area (Å²) >= 11 is 0. The topological polar surface area (TPSA) is 46.5 Å². The van der Waals surface area contributed by atoms with Gasteiger partial charge in [0.15, 0.2) is 0 Å². The fourth-order valence-corrected chi connectivity index (χ4v) is 2.17. The van der Waals surface area contributed by atoms with Crippen LogP contribution in [0.3, 0.4) is 0 Å². The summed E-state index contributed by atoms with van der Waals surface area (Å²) < 4.78 is 5.60. The van der Waals surface area contributed by atoms with Gasteiger partial charge in [-0.2, -0.15) is 0 Å². The van der Waals surface area contributed by atoms with Crippen LogP contribution in [0, 0.1) is 11.8 Å². The molecule has 1 aliphatic rings. The van der Waals surface area contributed by atoms with Crippen molar-refractivity contribution >= 4 is 5.97 Å². The van der Waals surface area contributed by atoms with Gasteiger partial charge >= 0.3 is 5.97 Å². The molecule has 1 saturated heterocycles. The van der Waals surface area contributed by atoms with Crippen LogP contribution in [-0.2, 0) is 9.53 Å². The number of hydrogen-bond acceptors (Lipinski definition) is 2. The van der Waals surface area contributed by atoms with E-state index in [0.717, 1.165) is 12.8 Å². The van der Waals surface area contributed by atoms with Crippen molar-refractivity contribution in [2.24, 2.45) is 11.8 Å². The Labute approximate surface area is 99.2 Å². The molecule has 0 bridgehead atoms. The minimum absolute atomic E-state index is 0.0800. The lowest BCUT2D eigenvalue weighted by atomic mass is 9.83. The van der Waals surface area contributed by atoms with Gasteiger partial charge in [0, 0.05) is 0 Å². The number of ether oxygens (including phenoxy) is 1. The predicted octanol–water partition coefficient (Wildman–Crippen LogP) is 3.33. The summed E-state index contributed by atoms with van der Waals surface area (Å²) in [6.45, 7) is 10.4. The van der Waals surface area contributed by atoms with E-state index in [1.807, 2.05) is 20.8 Å². The van der Waals surface area contributed by atoms with Gasteiger partial charge < -0.3 is 9.84 Å². The molecule has 3 nitrogen and oxygen atoms in total. The van der Waals surface area contributed by atoms with E-state index in [1.165, 1.54) is 0 Å². The second kappa shape index (κ2) is 7.66. The van der Waals surface area contributed by atoms with Crippen LogP contribution in [-0.4, -0.2) is 23.3 Å². The van der Waals surface area contributed by atoms with E-state index in [9.17, 15) is 4.79 Å². The van der Waals surface area contributed by atoms with Gasteiger partial charge in [-0.25, -0.2) is 0 Å². The molecule has 0 spiro atoms. The fourth-order valence-electron chi connectivity index (χ4n) is 2.17. The number of hydrogen-bond donors (Lipinski definition) is 1. The highest BCUT2D eigenvalue weighted by atomic mass is 16.5. The van der Waals surface area contributed by atoms with Gasteiger partial charge in [-0.3, -0.25) is 4.79 Å². The van der Waals surface area contributed by atoms with Gasteiger partial charge in [-0.15, -0.1) is 0 Å². The number of carboxylic acid groups (broad SMARTS) is 1. The normalized spacial score (nSPS) is 29.5. The molecule has 3 atom stereocenters. The van der Waals surface area contributed by atoms with E-state index >= 15 is 0 Å². The number of carboxylic acids is 1. The molecule has 16 heavy (non-hydrogen) atoms. The molecule has 1 fully saturated rings. The Morgan fingerprint density at radius 2 is 1.94 bits per heavy atom. The molecule has 3 heteroatoms. The zero-order valence-electron chi connectivity index (χ0n) is 11.2. The lowest BCUT2D eigenvalue weighted by molar-refractivity contribution is -0.144. The standard InChI is InChI=1S/C11H20O3.C2H6/c1-7(2)9-4-8(3)14-10(5-9)6-11(12)13;1-2/h7-10H,4-6H2,1-3H3,(H,12,13);1-2H3. The number of rotatable bonds is 3. The summed E-state index contributed by atoms with van der Waals surface area (Å²) in [5, 5.41) is 8.70. The fraction of sp³-hybridized carbons (Fsp3) is 0.923. The van der Waals surface area contributed by atoms with Crippen molar-refractivity contribution in [3.63, 3.8) is 0 Å². The van der Waals surface area contributed by atoms with Crippen LogP contribution in [0.1, 0.15) is 53.9 Å². The summed E-state index contributed by atoms with van der Waals surface area (Å²) in [6, 6.07) is 0. The zero-order valence-corrected chi connectivity index (χ0v) is 11.2. The lowest BCUT2D eigenvalue weighted by Gasteiger charge is -2.35. The van der Waals surface area contributed by atoms with Crippen molar-refractivity contribution in [3.8, 4) is 0 Å². The maximum absolute atomic E-state index is 10.6. The SMILES string of the molecule is CC.CC1CC(C(C)C)CC(CC(=O)O)O1. The third-order valence-corrected chi connectivity index (χ3v) is 2.97. The minimum Gasteiger partial charge on any atom is -0.481 e. The predicted molar refractivity (Wildman–Crippen MR) is 65.5 cm³/mol. The van der Waals surface area contributed by atoms with E-state index < -0.39 is 5.97 Å². The highest BCUT2D eigenvalue weighted by Gasteiger charge is 2.29. The number of aliphatic carboxylic acids is 1. The first-order chi connectivity index (χ1) is 7.49. The second-order valence-electron chi connectivity index (χ2n) is 4.64. The van der Waals surface area contributed by atoms with Crippen LogP contribution in [0.15, 0.2) is 0 Å². The first-order valence-corrected chi connectivity index (χ1v) is 6.36. The number of carbonyl (C=O) groups is 1. The Morgan fingerprint density at radius 3 is 2.38 bits per heavy atom. The van der Waals surface area contributed by atoms with Crippen LogP contribution in [0.2, 0.25) is 0 Å². The van der Waals surface area contributed by atoms with Crippen LogP contribution in [0.5, 0.6) is 0 Å². The third kappa shape index (κ3) is 5.50. The Bertz CT molecular complexity index is 201. The van der Waals surface area contributed by atoms with Gasteiger partial charge in [-0.05, 0) is 31.6 Å². The second-order valence-corrected chi connectivity index (χ2v) is 4.64. The third-order valence-electron chi connectivity index (χ3n) is 2.97. The average Bonchev–Trinajstić information content (AvgIpc) is 2.18. The van der Waals surface area contributed by atoms with Crippen LogP contribution in [0.25, 0.3) is 0 Å². The van der Waals surface area contributed by atoms with Crippen molar-refractivity contribution in [1.82, 2.24) is 0 Å². The maximum atomic E-state index is 10.6. The molecule has 1 rings (SSSR count). The summed E-state index contributed by atoms with van der Waals surface area (Å²) in [7, 11) is 0. The van der Waals surface area contributed by atoms with Gasteiger partial charge in [0.05, 0.1) is 18.6 Å². The molecule has 1 heterocycles. The highest BCUT2D eigenvalue weighted by Crippen LogP contribution is 2.31. The van der Waals surface area contributed by atoms with Crippen LogP contribution >= 0.6 is 0 Å². The Hall–Kier alpha value is -0.570. The summed E-state index contributed by atoms with van der Waals surface area (Å²) in [5.41, 5.74) is 0. The molecular formula is C13H26O3. The maximum Gasteiger partial charge on any atom is 0.305 e. The van der Waals surface area contributed by atoms with Gasteiger partial charge in [0.1, 0.15) is 0 Å². The Kier molecular flexibility index (Phi) is 7.39. The van der Waals surface area contributed by atoms with Crippen molar-refractivity contribution in [3.05, 3.63) is 0 Å². The highest BCUT2D eigenvalue weighted by molar-refractivity contribution is 5.67. The van der Waals surface area contributed by atoms with E-state index in [0.29, 0.717) is 11.8 Å². The molecular weight excluding hydrogens is 204 g/mol. The molecule has 0 aromatic carbocycles. The van der Waals surface area contributed by atoms with E-state index in [1.54, 1.807) is 0 Å². The van der Waals surface area contributed by atoms with Gasteiger partial charge in [0.2, 0.25) is 0 Å². The van der Waals surface area contributed by atoms with Crippen molar-refractivity contribution < 1.29 is 14.6 Å². The molecule has 0 saturated carbocycles. The summed E-state index contributed by atoms with van der Waals surface area (Å²) in [4.78, 5) is 10.6. The lowest BCUT2D eigenvalue weighted by Crippen LogP contribution is -2.34. The summed E-state index contributed by atoms with van der Waals surface area (Å²) in [5.74, 6) is 0.479. The van der Waals surface area contributed by atoms with Crippen molar-refractivity contribution in [2.45, 2.75) is 66.1 Å². The molecule has 96 valence electrons. The van der Waals surface area contributed by atoms with Gasteiger partial charge in [0.25, 0.3) is 0 Å². The van der Waals surface area contributed by atoms with Crippen molar-refractivity contribution in [2.75, 3.05) is 0 Å². The van der Waals surface area contributed by atoms with Crippen LogP contribution in [0.4, 0.5) is 0 Å². The Morgan fingerprint density at radius 1 is 1.38 bits per heavy atom. The molecule has 3 unspecified atom stereocenters.